The lowest BCUT2D eigenvalue weighted by molar-refractivity contribution is -0.0191. The van der Waals surface area contributed by atoms with E-state index in [0.29, 0.717) is 64.6 Å². The van der Waals surface area contributed by atoms with Gasteiger partial charge in [-0.25, -0.2) is 4.79 Å². The Morgan fingerprint density at radius 1 is 0.397 bits per heavy atom. The van der Waals surface area contributed by atoms with Gasteiger partial charge in [0.1, 0.15) is 68.7 Å². The maximum atomic E-state index is 14.6. The number of benzene rings is 9. The quantitative estimate of drug-likeness (QED) is 0.0653. The standard InChI is InChI=1S/C64H54O9/c65-64(52-32-19-33-54(34-52)66-40-46-20-7-1-8-21-46)73-61-39-56-57(68-42-48-24-11-3-12-25-48)37-55(67-41-47-22-9-2-10-23-47)38-58(56)72-62(61)53-35-59(69-43-49-26-13-4-14-27-49)63(71-45-51-30-17-6-18-31-51)60(36-53)70-44-50-28-15-5-16-29-50/h1-38,61-62H,39-45H2/t61-,62+/m1/s1. The normalized spacial score (nSPS) is 13.6. The van der Waals surface area contributed by atoms with Crippen molar-refractivity contribution in [3.05, 3.63) is 281 Å². The van der Waals surface area contributed by atoms with Gasteiger partial charge >= 0.3 is 5.97 Å². The minimum Gasteiger partial charge on any atom is -0.489 e. The van der Waals surface area contributed by atoms with Crippen LogP contribution in [0.5, 0.6) is 40.2 Å². The van der Waals surface area contributed by atoms with E-state index in [0.717, 1.165) is 38.9 Å². The summed E-state index contributed by atoms with van der Waals surface area (Å²) < 4.78 is 53.1. The molecule has 0 fully saturated rings. The molecule has 0 unspecified atom stereocenters. The summed E-state index contributed by atoms with van der Waals surface area (Å²) in [6.45, 7) is 1.68. The van der Waals surface area contributed by atoms with Crippen molar-refractivity contribution in [2.24, 2.45) is 0 Å². The molecule has 0 saturated carbocycles. The van der Waals surface area contributed by atoms with E-state index in [-0.39, 0.29) is 32.8 Å². The molecule has 0 aliphatic carbocycles. The highest BCUT2D eigenvalue weighted by Gasteiger charge is 2.38. The average Bonchev–Trinajstić information content (AvgIpc) is 3.45. The van der Waals surface area contributed by atoms with Crippen LogP contribution in [0.15, 0.2) is 231 Å². The molecule has 0 spiro atoms. The van der Waals surface area contributed by atoms with Gasteiger partial charge in [0.05, 0.1) is 5.56 Å². The number of fused-ring (bicyclic) bond motifs is 1. The number of ether oxygens (including phenoxy) is 8. The Labute approximate surface area is 426 Å². The minimum atomic E-state index is -0.887. The summed E-state index contributed by atoms with van der Waals surface area (Å²) in [6.07, 6.45) is -1.54. The van der Waals surface area contributed by atoms with Crippen LogP contribution in [0.4, 0.5) is 0 Å². The van der Waals surface area contributed by atoms with Crippen molar-refractivity contribution in [3.63, 3.8) is 0 Å². The third-order valence-corrected chi connectivity index (χ3v) is 12.3. The first-order chi connectivity index (χ1) is 36.1. The Morgan fingerprint density at radius 3 is 1.27 bits per heavy atom. The van der Waals surface area contributed by atoms with E-state index in [1.165, 1.54) is 0 Å². The van der Waals surface area contributed by atoms with Crippen LogP contribution in [-0.4, -0.2) is 12.1 Å². The van der Waals surface area contributed by atoms with E-state index >= 15 is 0 Å². The van der Waals surface area contributed by atoms with Gasteiger partial charge in [-0.1, -0.05) is 188 Å². The average molecular weight is 967 g/mol. The second kappa shape index (κ2) is 23.8. The van der Waals surface area contributed by atoms with E-state index in [1.807, 2.05) is 212 Å². The zero-order valence-corrected chi connectivity index (χ0v) is 40.2. The fraction of sp³-hybridized carbons (Fsp3) is 0.141. The summed E-state index contributed by atoms with van der Waals surface area (Å²) in [5.74, 6) is 2.87. The first-order valence-electron chi connectivity index (χ1n) is 24.4. The Bertz CT molecular complexity index is 3110. The fourth-order valence-corrected chi connectivity index (χ4v) is 8.48. The van der Waals surface area contributed by atoms with Gasteiger partial charge in [-0.05, 0) is 63.7 Å². The van der Waals surface area contributed by atoms with Crippen molar-refractivity contribution >= 4 is 5.97 Å². The SMILES string of the molecule is O=C(O[C@@H]1Cc2c(OCc3ccccc3)cc(OCc3ccccc3)cc2O[C@H]1c1cc(OCc2ccccc2)c(OCc2ccccc2)c(OCc2ccccc2)c1)c1cccc(OCc2ccccc2)c1. The number of carbonyl (C=O) groups is 1. The molecule has 1 heterocycles. The topological polar surface area (TPSA) is 90.9 Å². The van der Waals surface area contributed by atoms with Crippen molar-refractivity contribution in [1.29, 1.82) is 0 Å². The molecule has 0 saturated heterocycles. The van der Waals surface area contributed by atoms with Crippen molar-refractivity contribution in [2.45, 2.75) is 58.3 Å². The summed E-state index contributed by atoms with van der Waals surface area (Å²) in [5, 5.41) is 0. The monoisotopic (exact) mass is 966 g/mol. The molecule has 0 radical (unpaired) electrons. The Kier molecular flexibility index (Phi) is 15.5. The van der Waals surface area contributed by atoms with Crippen LogP contribution in [0.25, 0.3) is 0 Å². The van der Waals surface area contributed by atoms with Crippen LogP contribution in [0, 0.1) is 0 Å². The lowest BCUT2D eigenvalue weighted by Crippen LogP contribution is -2.35. The van der Waals surface area contributed by atoms with Crippen LogP contribution in [0.1, 0.15) is 61.0 Å². The molecule has 10 rings (SSSR count). The second-order valence-corrected chi connectivity index (χ2v) is 17.6. The highest BCUT2D eigenvalue weighted by Crippen LogP contribution is 2.48. The van der Waals surface area contributed by atoms with Crippen LogP contribution in [-0.2, 0) is 50.8 Å². The molecular weight excluding hydrogens is 913 g/mol. The largest absolute Gasteiger partial charge is 0.489 e. The summed E-state index contributed by atoms with van der Waals surface area (Å²) in [5.41, 5.74) is 7.57. The number of esters is 1. The zero-order valence-electron chi connectivity index (χ0n) is 40.2. The number of hydrogen-bond donors (Lipinski definition) is 0. The van der Waals surface area contributed by atoms with Gasteiger partial charge in [0.25, 0.3) is 0 Å². The molecule has 1 aliphatic heterocycles. The van der Waals surface area contributed by atoms with Gasteiger partial charge in [0.15, 0.2) is 17.6 Å². The summed E-state index contributed by atoms with van der Waals surface area (Å²) in [6, 6.07) is 74.2. The van der Waals surface area contributed by atoms with Crippen LogP contribution in [0.3, 0.4) is 0 Å². The molecule has 73 heavy (non-hydrogen) atoms. The Balaban J connectivity index is 1.05. The van der Waals surface area contributed by atoms with Gasteiger partial charge in [-0.3, -0.25) is 0 Å². The minimum absolute atomic E-state index is 0.228. The van der Waals surface area contributed by atoms with Crippen molar-refractivity contribution in [3.8, 4) is 40.2 Å². The van der Waals surface area contributed by atoms with Gasteiger partial charge in [0, 0.05) is 29.7 Å². The lowest BCUT2D eigenvalue weighted by Gasteiger charge is -2.35. The van der Waals surface area contributed by atoms with Crippen molar-refractivity contribution in [1.82, 2.24) is 0 Å². The summed E-state index contributed by atoms with van der Waals surface area (Å²) >= 11 is 0. The molecule has 0 aromatic heterocycles. The smallest absolute Gasteiger partial charge is 0.338 e. The molecule has 0 bridgehead atoms. The van der Waals surface area contributed by atoms with E-state index in [4.69, 9.17) is 37.9 Å². The predicted molar refractivity (Wildman–Crippen MR) is 280 cm³/mol. The van der Waals surface area contributed by atoms with E-state index < -0.39 is 18.2 Å². The van der Waals surface area contributed by atoms with Crippen molar-refractivity contribution in [2.75, 3.05) is 0 Å². The highest BCUT2D eigenvalue weighted by atomic mass is 16.6. The lowest BCUT2D eigenvalue weighted by atomic mass is 9.93. The van der Waals surface area contributed by atoms with Crippen LogP contribution >= 0.6 is 0 Å². The molecule has 9 aromatic rings. The molecule has 364 valence electrons. The summed E-state index contributed by atoms with van der Waals surface area (Å²) in [4.78, 5) is 14.6. The van der Waals surface area contributed by atoms with E-state index in [1.54, 1.807) is 18.2 Å². The maximum Gasteiger partial charge on any atom is 0.338 e. The number of carbonyl (C=O) groups excluding carboxylic acids is 1. The predicted octanol–water partition coefficient (Wildman–Crippen LogP) is 14.1. The number of hydrogen-bond acceptors (Lipinski definition) is 9. The van der Waals surface area contributed by atoms with Gasteiger partial charge in [0.2, 0.25) is 5.75 Å². The first kappa shape index (κ1) is 47.7. The Hall–Kier alpha value is -8.95. The second-order valence-electron chi connectivity index (χ2n) is 17.6. The van der Waals surface area contributed by atoms with E-state index in [2.05, 4.69) is 0 Å². The third kappa shape index (κ3) is 12.9. The molecule has 0 amide bonds. The molecule has 9 aromatic carbocycles. The van der Waals surface area contributed by atoms with E-state index in [9.17, 15) is 4.79 Å². The molecule has 2 atom stereocenters. The zero-order chi connectivity index (χ0) is 49.4. The summed E-state index contributed by atoms with van der Waals surface area (Å²) in [7, 11) is 0. The Morgan fingerprint density at radius 2 is 0.808 bits per heavy atom. The van der Waals surface area contributed by atoms with Crippen LogP contribution < -0.4 is 33.2 Å². The number of rotatable bonds is 21. The molecule has 9 heteroatoms. The van der Waals surface area contributed by atoms with Gasteiger partial charge in [-0.2, -0.15) is 0 Å². The third-order valence-electron chi connectivity index (χ3n) is 12.3. The fourth-order valence-electron chi connectivity index (χ4n) is 8.48. The molecular formula is C64H54O9. The molecule has 1 aliphatic rings. The molecule has 0 N–H and O–H groups in total. The van der Waals surface area contributed by atoms with Crippen LogP contribution in [0.2, 0.25) is 0 Å². The highest BCUT2D eigenvalue weighted by molar-refractivity contribution is 5.90. The maximum absolute atomic E-state index is 14.6. The van der Waals surface area contributed by atoms with Crippen molar-refractivity contribution < 1.29 is 42.7 Å². The first-order valence-corrected chi connectivity index (χ1v) is 24.4. The van der Waals surface area contributed by atoms with Gasteiger partial charge < -0.3 is 37.9 Å². The molecule has 9 nitrogen and oxygen atoms in total. The van der Waals surface area contributed by atoms with Gasteiger partial charge in [-0.15, -0.1) is 0 Å².